The number of rotatable bonds is 4. The van der Waals surface area contributed by atoms with Gasteiger partial charge in [-0.2, -0.15) is 0 Å². The number of nitrogens with one attached hydrogen (secondary N) is 1. The summed E-state index contributed by atoms with van der Waals surface area (Å²) in [6, 6.07) is 0.689. The number of hydrogen-bond donors (Lipinski definition) is 1. The quantitative estimate of drug-likeness (QED) is 0.663. The maximum Gasteiger partial charge on any atom is 0.0198 e. The van der Waals surface area contributed by atoms with Crippen LogP contribution in [0.15, 0.2) is 12.7 Å². The summed E-state index contributed by atoms with van der Waals surface area (Å²) in [5.41, 5.74) is 0. The maximum absolute atomic E-state index is 3.78. The minimum atomic E-state index is 0.689. The summed E-state index contributed by atoms with van der Waals surface area (Å²) < 4.78 is 0. The molecule has 1 saturated heterocycles. The van der Waals surface area contributed by atoms with Gasteiger partial charge in [0, 0.05) is 32.2 Å². The monoisotopic (exact) mass is 182 g/mol. The Labute approximate surface area is 82.0 Å². The molecule has 0 aliphatic carbocycles. The summed E-state index contributed by atoms with van der Waals surface area (Å²) in [4.78, 5) is 2.47. The summed E-state index contributed by atoms with van der Waals surface area (Å²) >= 11 is 0. The highest BCUT2D eigenvalue weighted by Gasteiger charge is 2.18. The molecule has 0 spiro atoms. The molecule has 1 aliphatic rings. The first-order valence-electron chi connectivity index (χ1n) is 5.29. The molecule has 0 unspecified atom stereocenters. The van der Waals surface area contributed by atoms with Gasteiger partial charge < -0.3 is 5.32 Å². The van der Waals surface area contributed by atoms with E-state index in [1.165, 1.54) is 19.5 Å². The van der Waals surface area contributed by atoms with Gasteiger partial charge in [-0.1, -0.05) is 19.9 Å². The molecule has 0 aromatic heterocycles. The highest BCUT2D eigenvalue weighted by molar-refractivity contribution is 4.83. The van der Waals surface area contributed by atoms with Gasteiger partial charge in [0.2, 0.25) is 0 Å². The molecule has 1 N–H and O–H groups in total. The Hall–Kier alpha value is -0.340. The summed E-state index contributed by atoms with van der Waals surface area (Å²) in [5, 5.41) is 3.56. The Morgan fingerprint density at radius 3 is 3.00 bits per heavy atom. The predicted molar refractivity (Wildman–Crippen MR) is 57.9 cm³/mol. The molecule has 0 saturated carbocycles. The normalized spacial score (nSPS) is 25.0. The fourth-order valence-corrected chi connectivity index (χ4v) is 1.97. The molecule has 1 fully saturated rings. The van der Waals surface area contributed by atoms with Crippen LogP contribution >= 0.6 is 0 Å². The van der Waals surface area contributed by atoms with Crippen LogP contribution < -0.4 is 5.32 Å². The average molecular weight is 182 g/mol. The first-order valence-corrected chi connectivity index (χ1v) is 5.29. The van der Waals surface area contributed by atoms with E-state index in [-0.39, 0.29) is 0 Å². The van der Waals surface area contributed by atoms with Crippen molar-refractivity contribution >= 4 is 0 Å². The third-order valence-corrected chi connectivity index (χ3v) is 2.48. The molecule has 1 heterocycles. The lowest BCUT2D eigenvalue weighted by molar-refractivity contribution is 0.203. The van der Waals surface area contributed by atoms with E-state index >= 15 is 0 Å². The largest absolute Gasteiger partial charge is 0.311 e. The van der Waals surface area contributed by atoms with Crippen LogP contribution in [0.5, 0.6) is 0 Å². The SMILES string of the molecule is C=CCN1CCN[C@@H](CC(C)C)C1. The first-order chi connectivity index (χ1) is 6.22. The molecule has 0 amide bonds. The van der Waals surface area contributed by atoms with Crippen LogP contribution in [0.25, 0.3) is 0 Å². The van der Waals surface area contributed by atoms with Gasteiger partial charge in [-0.15, -0.1) is 6.58 Å². The van der Waals surface area contributed by atoms with Gasteiger partial charge in [-0.3, -0.25) is 4.90 Å². The van der Waals surface area contributed by atoms with E-state index in [9.17, 15) is 0 Å². The van der Waals surface area contributed by atoms with E-state index in [0.29, 0.717) is 6.04 Å². The zero-order chi connectivity index (χ0) is 9.68. The summed E-state index contributed by atoms with van der Waals surface area (Å²) in [5.74, 6) is 0.793. The Morgan fingerprint density at radius 1 is 1.62 bits per heavy atom. The smallest absolute Gasteiger partial charge is 0.0198 e. The molecular weight excluding hydrogens is 160 g/mol. The van der Waals surface area contributed by atoms with Gasteiger partial charge in [0.25, 0.3) is 0 Å². The number of hydrogen-bond acceptors (Lipinski definition) is 2. The number of piperazine rings is 1. The fraction of sp³-hybridized carbons (Fsp3) is 0.818. The van der Waals surface area contributed by atoms with Crippen molar-refractivity contribution in [2.75, 3.05) is 26.2 Å². The molecule has 13 heavy (non-hydrogen) atoms. The molecule has 0 radical (unpaired) electrons. The van der Waals surface area contributed by atoms with Crippen molar-refractivity contribution in [3.05, 3.63) is 12.7 Å². The van der Waals surface area contributed by atoms with Gasteiger partial charge in [0.1, 0.15) is 0 Å². The Kier molecular flexibility index (Phi) is 4.46. The van der Waals surface area contributed by atoms with Gasteiger partial charge >= 0.3 is 0 Å². The maximum atomic E-state index is 3.78. The second-order valence-corrected chi connectivity index (χ2v) is 4.33. The zero-order valence-corrected chi connectivity index (χ0v) is 8.92. The van der Waals surface area contributed by atoms with E-state index in [1.807, 2.05) is 6.08 Å². The molecule has 1 rings (SSSR count). The molecule has 0 aromatic rings. The lowest BCUT2D eigenvalue weighted by atomic mass is 10.0. The van der Waals surface area contributed by atoms with Crippen molar-refractivity contribution in [1.82, 2.24) is 10.2 Å². The van der Waals surface area contributed by atoms with Crippen molar-refractivity contribution in [1.29, 1.82) is 0 Å². The van der Waals surface area contributed by atoms with Crippen LogP contribution in [0.4, 0.5) is 0 Å². The van der Waals surface area contributed by atoms with Crippen molar-refractivity contribution in [3.8, 4) is 0 Å². The molecule has 2 nitrogen and oxygen atoms in total. The molecule has 76 valence electrons. The standard InChI is InChI=1S/C11H22N2/c1-4-6-13-7-5-12-11(9-13)8-10(2)3/h4,10-12H,1,5-9H2,2-3H3/t11-/m0/s1. The lowest BCUT2D eigenvalue weighted by Crippen LogP contribution is -2.50. The van der Waals surface area contributed by atoms with E-state index < -0.39 is 0 Å². The average Bonchev–Trinajstić information content (AvgIpc) is 2.04. The van der Waals surface area contributed by atoms with Crippen LogP contribution in [-0.4, -0.2) is 37.1 Å². The van der Waals surface area contributed by atoms with Crippen LogP contribution in [-0.2, 0) is 0 Å². The molecule has 1 atom stereocenters. The Morgan fingerprint density at radius 2 is 2.38 bits per heavy atom. The second kappa shape index (κ2) is 5.40. The van der Waals surface area contributed by atoms with E-state index in [0.717, 1.165) is 19.0 Å². The van der Waals surface area contributed by atoms with Gasteiger partial charge in [0.05, 0.1) is 0 Å². The molecule has 0 bridgehead atoms. The van der Waals surface area contributed by atoms with E-state index in [1.54, 1.807) is 0 Å². The van der Waals surface area contributed by atoms with E-state index in [2.05, 4.69) is 30.6 Å². The highest BCUT2D eigenvalue weighted by Crippen LogP contribution is 2.09. The first kappa shape index (κ1) is 10.7. The molecular formula is C11H22N2. The molecule has 0 aromatic carbocycles. The Balaban J connectivity index is 2.28. The summed E-state index contributed by atoms with van der Waals surface area (Å²) in [6.07, 6.45) is 3.28. The lowest BCUT2D eigenvalue weighted by Gasteiger charge is -2.33. The van der Waals surface area contributed by atoms with Crippen molar-refractivity contribution in [3.63, 3.8) is 0 Å². The minimum Gasteiger partial charge on any atom is -0.311 e. The highest BCUT2D eigenvalue weighted by atomic mass is 15.2. The van der Waals surface area contributed by atoms with Crippen LogP contribution in [0, 0.1) is 5.92 Å². The predicted octanol–water partition coefficient (Wildman–Crippen LogP) is 1.49. The van der Waals surface area contributed by atoms with E-state index in [4.69, 9.17) is 0 Å². The summed E-state index contributed by atoms with van der Waals surface area (Å²) in [6.45, 7) is 12.9. The van der Waals surface area contributed by atoms with Gasteiger partial charge in [-0.25, -0.2) is 0 Å². The van der Waals surface area contributed by atoms with Crippen LogP contribution in [0.1, 0.15) is 20.3 Å². The van der Waals surface area contributed by atoms with Crippen LogP contribution in [0.3, 0.4) is 0 Å². The van der Waals surface area contributed by atoms with Crippen molar-refractivity contribution in [2.45, 2.75) is 26.3 Å². The topological polar surface area (TPSA) is 15.3 Å². The molecule has 2 heteroatoms. The number of nitrogens with zero attached hydrogens (tertiary/aromatic N) is 1. The van der Waals surface area contributed by atoms with Crippen molar-refractivity contribution in [2.24, 2.45) is 5.92 Å². The van der Waals surface area contributed by atoms with Gasteiger partial charge in [-0.05, 0) is 12.3 Å². The fourth-order valence-electron chi connectivity index (χ4n) is 1.97. The van der Waals surface area contributed by atoms with Crippen molar-refractivity contribution < 1.29 is 0 Å². The van der Waals surface area contributed by atoms with Gasteiger partial charge in [0.15, 0.2) is 0 Å². The second-order valence-electron chi connectivity index (χ2n) is 4.33. The molecule has 1 aliphatic heterocycles. The third-order valence-electron chi connectivity index (χ3n) is 2.48. The third kappa shape index (κ3) is 3.92. The Bertz CT molecular complexity index is 154. The zero-order valence-electron chi connectivity index (χ0n) is 8.92. The summed E-state index contributed by atoms with van der Waals surface area (Å²) in [7, 11) is 0. The minimum absolute atomic E-state index is 0.689. The van der Waals surface area contributed by atoms with Crippen LogP contribution in [0.2, 0.25) is 0 Å².